The molecule has 0 saturated carbocycles. The third-order valence-corrected chi connectivity index (χ3v) is 4.69. The molecule has 6 nitrogen and oxygen atoms in total. The van der Waals surface area contributed by atoms with Crippen LogP contribution in [0.15, 0.2) is 35.9 Å². The second-order valence-electron chi connectivity index (χ2n) is 6.33. The van der Waals surface area contributed by atoms with Gasteiger partial charge < -0.3 is 4.57 Å². The summed E-state index contributed by atoms with van der Waals surface area (Å²) in [6.07, 6.45) is 2.45. The Labute approximate surface area is 152 Å². The van der Waals surface area contributed by atoms with Crippen molar-refractivity contribution in [3.8, 4) is 5.69 Å². The molecule has 1 saturated heterocycles. The van der Waals surface area contributed by atoms with E-state index in [2.05, 4.69) is 28.9 Å². The van der Waals surface area contributed by atoms with Crippen molar-refractivity contribution < 1.29 is 14.4 Å². The zero-order valence-corrected chi connectivity index (χ0v) is 15.3. The summed E-state index contributed by atoms with van der Waals surface area (Å²) < 4.78 is 2.12. The molecule has 2 aromatic rings. The molecule has 2 heterocycles. The van der Waals surface area contributed by atoms with Gasteiger partial charge in [-0.05, 0) is 49.6 Å². The average Bonchev–Trinajstić information content (AvgIpc) is 2.90. The highest BCUT2D eigenvalue weighted by molar-refractivity contribution is 6.30. The number of barbiturate groups is 1. The van der Waals surface area contributed by atoms with Crippen molar-refractivity contribution in [1.82, 2.24) is 14.8 Å². The van der Waals surface area contributed by atoms with Gasteiger partial charge in [-0.1, -0.05) is 25.1 Å². The second kappa shape index (κ2) is 6.63. The molecule has 6 heteroatoms. The minimum atomic E-state index is -0.709. The van der Waals surface area contributed by atoms with Gasteiger partial charge in [-0.15, -0.1) is 0 Å². The van der Waals surface area contributed by atoms with Crippen molar-refractivity contribution in [1.29, 1.82) is 0 Å². The maximum Gasteiger partial charge on any atom is 0.331 e. The van der Waals surface area contributed by atoms with Crippen molar-refractivity contribution in [3.63, 3.8) is 0 Å². The molecule has 4 amide bonds. The Morgan fingerprint density at radius 2 is 1.81 bits per heavy atom. The SMILES string of the molecule is CCc1ccccc1-n1c(C)cc(/C=C2/C(=O)NC(=O)N(C)C2=O)c1C. The molecule has 134 valence electrons. The summed E-state index contributed by atoms with van der Waals surface area (Å²) in [6.45, 7) is 6.04. The number of likely N-dealkylation sites (N-methyl/N-ethyl adjacent to an activating group) is 1. The summed E-state index contributed by atoms with van der Waals surface area (Å²) in [7, 11) is 1.35. The van der Waals surface area contributed by atoms with Gasteiger partial charge >= 0.3 is 6.03 Å². The summed E-state index contributed by atoms with van der Waals surface area (Å²) >= 11 is 0. The molecular weight excluding hydrogens is 330 g/mol. The van der Waals surface area contributed by atoms with Gasteiger partial charge in [0, 0.05) is 24.1 Å². The van der Waals surface area contributed by atoms with Crippen LogP contribution in [-0.2, 0) is 16.0 Å². The van der Waals surface area contributed by atoms with Gasteiger partial charge in [0.1, 0.15) is 5.57 Å². The Hall–Kier alpha value is -3.15. The zero-order chi connectivity index (χ0) is 19.0. The Balaban J connectivity index is 2.10. The van der Waals surface area contributed by atoms with Crippen LogP contribution in [0.1, 0.15) is 29.4 Å². The molecule has 1 aliphatic heterocycles. The number of para-hydroxylation sites is 1. The molecule has 0 radical (unpaired) electrons. The minimum Gasteiger partial charge on any atom is -0.318 e. The number of amides is 4. The number of hydrogen-bond acceptors (Lipinski definition) is 3. The second-order valence-corrected chi connectivity index (χ2v) is 6.33. The molecule has 1 fully saturated rings. The van der Waals surface area contributed by atoms with Gasteiger partial charge in [-0.25, -0.2) is 4.79 Å². The lowest BCUT2D eigenvalue weighted by Crippen LogP contribution is -2.52. The van der Waals surface area contributed by atoms with E-state index in [1.807, 2.05) is 32.0 Å². The molecule has 1 aromatic heterocycles. The van der Waals surface area contributed by atoms with Crippen LogP contribution in [0.25, 0.3) is 11.8 Å². The number of hydrogen-bond donors (Lipinski definition) is 1. The molecule has 0 atom stereocenters. The van der Waals surface area contributed by atoms with E-state index >= 15 is 0 Å². The van der Waals surface area contributed by atoms with Crippen LogP contribution in [0.5, 0.6) is 0 Å². The van der Waals surface area contributed by atoms with Gasteiger partial charge in [-0.3, -0.25) is 19.8 Å². The first-order chi connectivity index (χ1) is 12.3. The number of urea groups is 1. The number of benzene rings is 1. The van der Waals surface area contributed by atoms with Gasteiger partial charge in [0.15, 0.2) is 0 Å². The number of aromatic nitrogens is 1. The lowest BCUT2D eigenvalue weighted by molar-refractivity contribution is -0.129. The fraction of sp³-hybridized carbons (Fsp3) is 0.250. The van der Waals surface area contributed by atoms with Crippen LogP contribution >= 0.6 is 0 Å². The summed E-state index contributed by atoms with van der Waals surface area (Å²) in [5, 5.41) is 2.17. The first-order valence-corrected chi connectivity index (χ1v) is 8.47. The van der Waals surface area contributed by atoms with Crippen LogP contribution in [0.4, 0.5) is 4.79 Å². The third kappa shape index (κ3) is 2.83. The Kier molecular flexibility index (Phi) is 4.50. The molecule has 1 aliphatic rings. The van der Waals surface area contributed by atoms with E-state index in [4.69, 9.17) is 0 Å². The Morgan fingerprint density at radius 3 is 2.50 bits per heavy atom. The Bertz CT molecular complexity index is 953. The number of aryl methyl sites for hydroxylation is 2. The largest absolute Gasteiger partial charge is 0.331 e. The number of carbonyl (C=O) groups is 3. The molecule has 1 aromatic carbocycles. The highest BCUT2D eigenvalue weighted by atomic mass is 16.2. The van der Waals surface area contributed by atoms with Crippen LogP contribution in [0.3, 0.4) is 0 Å². The molecule has 0 bridgehead atoms. The first-order valence-electron chi connectivity index (χ1n) is 8.47. The predicted octanol–water partition coefficient (Wildman–Crippen LogP) is 2.75. The lowest BCUT2D eigenvalue weighted by atomic mass is 10.1. The van der Waals surface area contributed by atoms with Crippen LogP contribution in [0.2, 0.25) is 0 Å². The maximum absolute atomic E-state index is 12.3. The van der Waals surface area contributed by atoms with E-state index in [-0.39, 0.29) is 5.57 Å². The molecular formula is C20H21N3O3. The molecule has 26 heavy (non-hydrogen) atoms. The summed E-state index contributed by atoms with van der Waals surface area (Å²) in [4.78, 5) is 36.8. The van der Waals surface area contributed by atoms with E-state index in [9.17, 15) is 14.4 Å². The van der Waals surface area contributed by atoms with E-state index in [1.165, 1.54) is 12.6 Å². The number of nitrogens with one attached hydrogen (secondary N) is 1. The van der Waals surface area contributed by atoms with Crippen LogP contribution in [0, 0.1) is 13.8 Å². The van der Waals surface area contributed by atoms with Crippen molar-refractivity contribution >= 4 is 23.9 Å². The quantitative estimate of drug-likeness (QED) is 0.683. The van der Waals surface area contributed by atoms with E-state index in [0.717, 1.165) is 34.0 Å². The predicted molar refractivity (Wildman–Crippen MR) is 98.9 cm³/mol. The summed E-state index contributed by atoms with van der Waals surface area (Å²) in [5.74, 6) is -1.27. The van der Waals surface area contributed by atoms with Crippen molar-refractivity contribution in [2.24, 2.45) is 0 Å². The fourth-order valence-corrected chi connectivity index (χ4v) is 3.23. The monoisotopic (exact) mass is 351 g/mol. The molecule has 3 rings (SSSR count). The fourth-order valence-electron chi connectivity index (χ4n) is 3.23. The van der Waals surface area contributed by atoms with E-state index < -0.39 is 17.8 Å². The number of nitrogens with zero attached hydrogens (tertiary/aromatic N) is 2. The van der Waals surface area contributed by atoms with E-state index in [0.29, 0.717) is 0 Å². The van der Waals surface area contributed by atoms with Gasteiger partial charge in [0.25, 0.3) is 11.8 Å². The van der Waals surface area contributed by atoms with Gasteiger partial charge in [0.2, 0.25) is 0 Å². The maximum atomic E-state index is 12.3. The number of rotatable bonds is 3. The topological polar surface area (TPSA) is 71.4 Å². The average molecular weight is 351 g/mol. The summed E-state index contributed by atoms with van der Waals surface area (Å²) in [5.41, 5.74) is 4.96. The number of imide groups is 2. The molecule has 1 N–H and O–H groups in total. The molecule has 0 aliphatic carbocycles. The lowest BCUT2D eigenvalue weighted by Gasteiger charge is -2.22. The zero-order valence-electron chi connectivity index (χ0n) is 15.3. The smallest absolute Gasteiger partial charge is 0.318 e. The van der Waals surface area contributed by atoms with E-state index in [1.54, 1.807) is 6.08 Å². The van der Waals surface area contributed by atoms with Gasteiger partial charge in [0.05, 0.1) is 0 Å². The molecule has 0 spiro atoms. The number of carbonyl (C=O) groups excluding carboxylic acids is 3. The highest BCUT2D eigenvalue weighted by Crippen LogP contribution is 2.26. The van der Waals surface area contributed by atoms with Crippen LogP contribution in [-0.4, -0.2) is 34.4 Å². The van der Waals surface area contributed by atoms with Crippen molar-refractivity contribution in [3.05, 3.63) is 58.4 Å². The minimum absolute atomic E-state index is 0.0453. The van der Waals surface area contributed by atoms with Crippen molar-refractivity contribution in [2.45, 2.75) is 27.2 Å². The third-order valence-electron chi connectivity index (χ3n) is 4.69. The standard InChI is InChI=1S/C20H21N3O3/c1-5-14-8-6-7-9-17(14)23-12(2)10-15(13(23)3)11-16-18(24)21-20(26)22(4)19(16)25/h6-11H,5H2,1-4H3,(H,21,24,26)/b16-11-. The van der Waals surface area contributed by atoms with Crippen molar-refractivity contribution in [2.75, 3.05) is 7.05 Å². The summed E-state index contributed by atoms with van der Waals surface area (Å²) in [6, 6.07) is 9.37. The van der Waals surface area contributed by atoms with Crippen LogP contribution < -0.4 is 5.32 Å². The van der Waals surface area contributed by atoms with Gasteiger partial charge in [-0.2, -0.15) is 0 Å². The highest BCUT2D eigenvalue weighted by Gasteiger charge is 2.33. The molecule has 0 unspecified atom stereocenters. The first kappa shape index (κ1) is 17.7. The normalized spacial score (nSPS) is 16.4. The Morgan fingerprint density at radius 1 is 1.12 bits per heavy atom.